The zero-order valence-corrected chi connectivity index (χ0v) is 12.1. The number of pyridine rings is 2. The van der Waals surface area contributed by atoms with E-state index in [4.69, 9.17) is 11.6 Å². The van der Waals surface area contributed by atoms with Crippen molar-refractivity contribution in [2.24, 2.45) is 0 Å². The summed E-state index contributed by atoms with van der Waals surface area (Å²) in [5, 5.41) is 4.26. The van der Waals surface area contributed by atoms with Crippen LogP contribution < -0.4 is 10.2 Å². The molecule has 0 aromatic carbocycles. The van der Waals surface area contributed by atoms with Crippen LogP contribution in [0.25, 0.3) is 0 Å². The Morgan fingerprint density at radius 3 is 3.00 bits per heavy atom. The Labute approximate surface area is 123 Å². The van der Waals surface area contributed by atoms with E-state index in [9.17, 15) is 0 Å². The average molecular weight is 289 g/mol. The summed E-state index contributed by atoms with van der Waals surface area (Å²) in [6.07, 6.45) is 4.70. The van der Waals surface area contributed by atoms with Gasteiger partial charge < -0.3 is 10.2 Å². The van der Waals surface area contributed by atoms with E-state index in [1.165, 1.54) is 0 Å². The minimum absolute atomic E-state index is 0.412. The van der Waals surface area contributed by atoms with Crippen molar-refractivity contribution >= 4 is 23.1 Å². The lowest BCUT2D eigenvalue weighted by molar-refractivity contribution is 0.805. The molecule has 2 aromatic rings. The molecule has 0 bridgehead atoms. The topological polar surface area (TPSA) is 41.0 Å². The smallest absolute Gasteiger partial charge is 0.147 e. The average Bonchev–Trinajstić information content (AvgIpc) is 2.87. The summed E-state index contributed by atoms with van der Waals surface area (Å²) in [5.74, 6) is 0.879. The molecule has 1 atom stereocenters. The number of hydrogen-bond acceptors (Lipinski definition) is 4. The van der Waals surface area contributed by atoms with E-state index in [0.717, 1.165) is 36.7 Å². The predicted octanol–water partition coefficient (Wildman–Crippen LogP) is 3.13. The minimum atomic E-state index is 0.412. The Hall–Kier alpha value is -1.81. The fourth-order valence-corrected chi connectivity index (χ4v) is 2.79. The van der Waals surface area contributed by atoms with Gasteiger partial charge in [-0.2, -0.15) is 0 Å². The molecule has 104 valence electrons. The van der Waals surface area contributed by atoms with Crippen molar-refractivity contribution in [2.75, 3.05) is 23.3 Å². The second kappa shape index (κ2) is 5.67. The Kier molecular flexibility index (Phi) is 3.74. The fraction of sp³-hybridized carbons (Fsp3) is 0.333. The van der Waals surface area contributed by atoms with Crippen LogP contribution in [0.1, 0.15) is 12.1 Å². The first-order valence-corrected chi connectivity index (χ1v) is 7.15. The normalized spacial score (nSPS) is 18.3. The van der Waals surface area contributed by atoms with Gasteiger partial charge in [-0.05, 0) is 37.6 Å². The highest BCUT2D eigenvalue weighted by atomic mass is 35.5. The van der Waals surface area contributed by atoms with Gasteiger partial charge in [0, 0.05) is 42.9 Å². The Morgan fingerprint density at radius 2 is 2.20 bits per heavy atom. The number of aromatic nitrogens is 2. The molecule has 0 amide bonds. The summed E-state index contributed by atoms with van der Waals surface area (Å²) in [6.45, 7) is 3.89. The van der Waals surface area contributed by atoms with Crippen molar-refractivity contribution < 1.29 is 0 Å². The van der Waals surface area contributed by atoms with Crippen LogP contribution >= 0.6 is 11.6 Å². The Bertz CT molecular complexity index is 602. The zero-order chi connectivity index (χ0) is 13.9. The van der Waals surface area contributed by atoms with Gasteiger partial charge in [0.2, 0.25) is 0 Å². The van der Waals surface area contributed by atoms with E-state index in [-0.39, 0.29) is 0 Å². The molecular formula is C15H17ClN4. The van der Waals surface area contributed by atoms with Crippen LogP contribution in [-0.4, -0.2) is 29.1 Å². The molecule has 3 rings (SSSR count). The molecule has 20 heavy (non-hydrogen) atoms. The molecule has 1 saturated heterocycles. The molecule has 0 radical (unpaired) electrons. The van der Waals surface area contributed by atoms with E-state index in [0.29, 0.717) is 11.1 Å². The number of rotatable bonds is 3. The van der Waals surface area contributed by atoms with Gasteiger partial charge >= 0.3 is 0 Å². The van der Waals surface area contributed by atoms with Crippen molar-refractivity contribution in [1.29, 1.82) is 0 Å². The SMILES string of the molecule is Cc1cc(NC2CCN(c3ncccc3Cl)C2)ccn1. The summed E-state index contributed by atoms with van der Waals surface area (Å²) in [6, 6.07) is 8.23. The summed E-state index contributed by atoms with van der Waals surface area (Å²) >= 11 is 6.20. The van der Waals surface area contributed by atoms with Gasteiger partial charge in [-0.15, -0.1) is 0 Å². The number of nitrogens with zero attached hydrogens (tertiary/aromatic N) is 3. The maximum atomic E-state index is 6.20. The van der Waals surface area contributed by atoms with Gasteiger partial charge in [0.1, 0.15) is 5.82 Å². The van der Waals surface area contributed by atoms with E-state index in [2.05, 4.69) is 26.3 Å². The van der Waals surface area contributed by atoms with Crippen molar-refractivity contribution in [3.63, 3.8) is 0 Å². The third kappa shape index (κ3) is 2.85. The monoisotopic (exact) mass is 288 g/mol. The van der Waals surface area contributed by atoms with E-state index in [1.807, 2.05) is 31.3 Å². The molecule has 1 unspecified atom stereocenters. The Morgan fingerprint density at radius 1 is 1.30 bits per heavy atom. The van der Waals surface area contributed by atoms with Crippen molar-refractivity contribution in [3.05, 3.63) is 47.4 Å². The van der Waals surface area contributed by atoms with Crippen LogP contribution in [0.3, 0.4) is 0 Å². The van der Waals surface area contributed by atoms with E-state index < -0.39 is 0 Å². The lowest BCUT2D eigenvalue weighted by Crippen LogP contribution is -2.26. The van der Waals surface area contributed by atoms with Crippen LogP contribution in [0.5, 0.6) is 0 Å². The molecule has 3 heterocycles. The molecule has 1 aliphatic rings. The van der Waals surface area contributed by atoms with Gasteiger partial charge in [0.05, 0.1) is 5.02 Å². The number of aryl methyl sites for hydroxylation is 1. The molecular weight excluding hydrogens is 272 g/mol. The number of halogens is 1. The number of nitrogens with one attached hydrogen (secondary N) is 1. The first-order chi connectivity index (χ1) is 9.72. The molecule has 5 heteroatoms. The number of anilines is 2. The molecule has 0 aliphatic carbocycles. The van der Waals surface area contributed by atoms with Gasteiger partial charge in [-0.3, -0.25) is 4.98 Å². The highest BCUT2D eigenvalue weighted by molar-refractivity contribution is 6.32. The maximum Gasteiger partial charge on any atom is 0.147 e. The minimum Gasteiger partial charge on any atom is -0.380 e. The summed E-state index contributed by atoms with van der Waals surface area (Å²) in [5.41, 5.74) is 2.15. The highest BCUT2D eigenvalue weighted by Crippen LogP contribution is 2.26. The molecule has 1 fully saturated rings. The maximum absolute atomic E-state index is 6.20. The van der Waals surface area contributed by atoms with E-state index >= 15 is 0 Å². The molecule has 4 nitrogen and oxygen atoms in total. The van der Waals surface area contributed by atoms with Gasteiger partial charge in [-0.25, -0.2) is 4.98 Å². The third-order valence-corrected chi connectivity index (χ3v) is 3.79. The second-order valence-corrected chi connectivity index (χ2v) is 5.48. The third-order valence-electron chi connectivity index (χ3n) is 3.49. The van der Waals surface area contributed by atoms with Crippen LogP contribution in [0.4, 0.5) is 11.5 Å². The molecule has 1 aliphatic heterocycles. The summed E-state index contributed by atoms with van der Waals surface area (Å²) in [4.78, 5) is 10.8. The van der Waals surface area contributed by atoms with Crippen LogP contribution in [0, 0.1) is 6.92 Å². The van der Waals surface area contributed by atoms with Crippen molar-refractivity contribution in [2.45, 2.75) is 19.4 Å². The first-order valence-electron chi connectivity index (χ1n) is 6.77. The van der Waals surface area contributed by atoms with Gasteiger partial charge in [0.15, 0.2) is 0 Å². The molecule has 1 N–H and O–H groups in total. The first kappa shape index (κ1) is 13.2. The van der Waals surface area contributed by atoms with Crippen molar-refractivity contribution in [1.82, 2.24) is 9.97 Å². The highest BCUT2D eigenvalue weighted by Gasteiger charge is 2.24. The zero-order valence-electron chi connectivity index (χ0n) is 11.4. The quantitative estimate of drug-likeness (QED) is 0.942. The second-order valence-electron chi connectivity index (χ2n) is 5.07. The van der Waals surface area contributed by atoms with Crippen LogP contribution in [0.2, 0.25) is 5.02 Å². The molecule has 0 saturated carbocycles. The largest absolute Gasteiger partial charge is 0.380 e. The van der Waals surface area contributed by atoms with Gasteiger partial charge in [0.25, 0.3) is 0 Å². The lowest BCUT2D eigenvalue weighted by atomic mass is 10.2. The number of hydrogen-bond donors (Lipinski definition) is 1. The van der Waals surface area contributed by atoms with Crippen LogP contribution in [0.15, 0.2) is 36.7 Å². The summed E-state index contributed by atoms with van der Waals surface area (Å²) < 4.78 is 0. The van der Waals surface area contributed by atoms with E-state index in [1.54, 1.807) is 6.20 Å². The summed E-state index contributed by atoms with van der Waals surface area (Å²) in [7, 11) is 0. The van der Waals surface area contributed by atoms with Crippen LogP contribution in [-0.2, 0) is 0 Å². The predicted molar refractivity (Wildman–Crippen MR) is 82.5 cm³/mol. The fourth-order valence-electron chi connectivity index (χ4n) is 2.55. The molecule has 0 spiro atoms. The van der Waals surface area contributed by atoms with Crippen molar-refractivity contribution in [3.8, 4) is 0 Å². The Balaban J connectivity index is 1.67. The van der Waals surface area contributed by atoms with Gasteiger partial charge in [-0.1, -0.05) is 11.6 Å². The lowest BCUT2D eigenvalue weighted by Gasteiger charge is -2.19. The standard InChI is InChI=1S/C15H17ClN4/c1-11-9-12(4-7-17-11)19-13-5-8-20(10-13)15-14(16)3-2-6-18-15/h2-4,6-7,9,13H,5,8,10H2,1H3,(H,17,19). The molecule has 2 aromatic heterocycles.